The zero-order chi connectivity index (χ0) is 18.1. The molecule has 1 aliphatic heterocycles. The van der Waals surface area contributed by atoms with Gasteiger partial charge in [0.05, 0.1) is 20.9 Å². The Morgan fingerprint density at radius 3 is 2.62 bits per heavy atom. The van der Waals surface area contributed by atoms with Gasteiger partial charge in [0.1, 0.15) is 22.6 Å². The SMILES string of the molecule is COC(=O)C1C=CC(Cl)=NC1(C)Nc1ccc([Si](C)(C)C)cc1F. The van der Waals surface area contributed by atoms with Gasteiger partial charge in [0.2, 0.25) is 0 Å². The summed E-state index contributed by atoms with van der Waals surface area (Å²) in [6.07, 6.45) is 3.15. The molecule has 1 aromatic carbocycles. The summed E-state index contributed by atoms with van der Waals surface area (Å²) >= 11 is 5.99. The van der Waals surface area contributed by atoms with Gasteiger partial charge < -0.3 is 10.1 Å². The van der Waals surface area contributed by atoms with E-state index in [4.69, 9.17) is 16.3 Å². The summed E-state index contributed by atoms with van der Waals surface area (Å²) < 4.78 is 19.4. The molecule has 0 aliphatic carbocycles. The van der Waals surface area contributed by atoms with Crippen molar-refractivity contribution in [1.82, 2.24) is 0 Å². The number of methoxy groups -OCH3 is 1. The molecule has 130 valence electrons. The third-order valence-corrected chi connectivity index (χ3v) is 6.30. The number of hydrogen-bond donors (Lipinski definition) is 1. The second kappa shape index (κ2) is 6.68. The van der Waals surface area contributed by atoms with Gasteiger partial charge in [-0.1, -0.05) is 48.6 Å². The first-order valence-corrected chi connectivity index (χ1v) is 11.5. The highest BCUT2D eigenvalue weighted by atomic mass is 35.5. The summed E-state index contributed by atoms with van der Waals surface area (Å²) in [4.78, 5) is 16.3. The fourth-order valence-electron chi connectivity index (χ4n) is 2.59. The Morgan fingerprint density at radius 2 is 2.08 bits per heavy atom. The molecule has 0 saturated heterocycles. The number of hydrogen-bond acceptors (Lipinski definition) is 4. The quantitative estimate of drug-likeness (QED) is 0.653. The van der Waals surface area contributed by atoms with Crippen LogP contribution in [-0.2, 0) is 9.53 Å². The zero-order valence-electron chi connectivity index (χ0n) is 14.5. The maximum absolute atomic E-state index is 14.6. The molecule has 0 fully saturated rings. The third kappa shape index (κ3) is 3.87. The van der Waals surface area contributed by atoms with Crippen LogP contribution in [0.5, 0.6) is 0 Å². The van der Waals surface area contributed by atoms with Crippen molar-refractivity contribution in [2.45, 2.75) is 32.2 Å². The van der Waals surface area contributed by atoms with E-state index < -0.39 is 25.6 Å². The number of esters is 1. The number of aliphatic imine (C=N–C) groups is 1. The predicted molar refractivity (Wildman–Crippen MR) is 99.3 cm³/mol. The second-order valence-electron chi connectivity index (χ2n) is 7.01. The van der Waals surface area contributed by atoms with Crippen LogP contribution < -0.4 is 10.5 Å². The monoisotopic (exact) mass is 368 g/mol. The summed E-state index contributed by atoms with van der Waals surface area (Å²) in [5.74, 6) is -1.55. The van der Waals surface area contributed by atoms with E-state index in [0.29, 0.717) is 0 Å². The molecule has 7 heteroatoms. The molecule has 4 nitrogen and oxygen atoms in total. The Labute approximate surface area is 147 Å². The molecular formula is C17H22ClFN2O2Si. The van der Waals surface area contributed by atoms with Crippen molar-refractivity contribution in [3.63, 3.8) is 0 Å². The number of nitrogens with one attached hydrogen (secondary N) is 1. The number of carbonyl (C=O) groups is 1. The van der Waals surface area contributed by atoms with Crippen molar-refractivity contribution < 1.29 is 13.9 Å². The van der Waals surface area contributed by atoms with E-state index >= 15 is 0 Å². The summed E-state index contributed by atoms with van der Waals surface area (Å²) in [5.41, 5.74) is -0.850. The summed E-state index contributed by atoms with van der Waals surface area (Å²) in [7, 11) is -0.303. The van der Waals surface area contributed by atoms with Gasteiger partial charge in [-0.15, -0.1) is 0 Å². The minimum atomic E-state index is -1.61. The highest BCUT2D eigenvalue weighted by Gasteiger charge is 2.41. The lowest BCUT2D eigenvalue weighted by Gasteiger charge is -2.35. The molecule has 0 spiro atoms. The molecule has 1 aliphatic rings. The van der Waals surface area contributed by atoms with Crippen molar-refractivity contribution in [1.29, 1.82) is 0 Å². The molecule has 0 amide bonds. The number of halogens is 2. The summed E-state index contributed by atoms with van der Waals surface area (Å²) in [6, 6.07) is 5.15. The largest absolute Gasteiger partial charge is 0.468 e. The Morgan fingerprint density at radius 1 is 1.42 bits per heavy atom. The van der Waals surface area contributed by atoms with Crippen molar-refractivity contribution in [3.05, 3.63) is 36.2 Å². The molecule has 2 unspecified atom stereocenters. The molecule has 24 heavy (non-hydrogen) atoms. The average molecular weight is 369 g/mol. The fraction of sp³-hybridized carbons (Fsp3) is 0.412. The van der Waals surface area contributed by atoms with Gasteiger partial charge in [0, 0.05) is 0 Å². The number of allylic oxidation sites excluding steroid dienone is 1. The number of ether oxygens (including phenoxy) is 1. The first kappa shape index (κ1) is 18.7. The van der Waals surface area contributed by atoms with Gasteiger partial charge in [0.25, 0.3) is 0 Å². The molecular weight excluding hydrogens is 347 g/mol. The van der Waals surface area contributed by atoms with E-state index in [1.165, 1.54) is 13.2 Å². The van der Waals surface area contributed by atoms with E-state index in [0.717, 1.165) is 5.19 Å². The van der Waals surface area contributed by atoms with E-state index in [1.807, 2.05) is 6.07 Å². The fourth-order valence-corrected chi connectivity index (χ4v) is 3.98. The number of nitrogens with zero attached hydrogens (tertiary/aromatic N) is 1. The first-order chi connectivity index (χ1) is 11.1. The Hall–Kier alpha value is -1.66. The highest BCUT2D eigenvalue weighted by Crippen LogP contribution is 2.31. The van der Waals surface area contributed by atoms with E-state index in [2.05, 4.69) is 30.0 Å². The molecule has 1 heterocycles. The molecule has 0 radical (unpaired) electrons. The average Bonchev–Trinajstić information content (AvgIpc) is 2.47. The van der Waals surface area contributed by atoms with E-state index in [9.17, 15) is 9.18 Å². The lowest BCUT2D eigenvalue weighted by Crippen LogP contribution is -2.46. The Balaban J connectivity index is 2.37. The number of benzene rings is 1. The normalized spacial score (nSPS) is 23.6. The number of anilines is 1. The van der Waals surface area contributed by atoms with Crippen molar-refractivity contribution in [2.24, 2.45) is 10.9 Å². The standard InChI is InChI=1S/C17H22ClFN2O2Si/c1-17(12(16(22)23-2)7-9-15(18)21-17)20-14-8-6-11(10-13(14)19)24(3,4)5/h6-10,12,20H,1-5H3. The molecule has 0 bridgehead atoms. The van der Waals surface area contributed by atoms with Crippen LogP contribution in [0.4, 0.5) is 10.1 Å². The Kier molecular flexibility index (Phi) is 5.20. The van der Waals surface area contributed by atoms with Gasteiger partial charge in [-0.3, -0.25) is 4.79 Å². The van der Waals surface area contributed by atoms with Crippen LogP contribution in [0.2, 0.25) is 19.6 Å². The van der Waals surface area contributed by atoms with Gasteiger partial charge in [-0.25, -0.2) is 9.38 Å². The van der Waals surface area contributed by atoms with Crippen LogP contribution in [0.15, 0.2) is 35.3 Å². The van der Waals surface area contributed by atoms with Crippen molar-refractivity contribution in [3.8, 4) is 0 Å². The number of rotatable bonds is 4. The van der Waals surface area contributed by atoms with Crippen LogP contribution >= 0.6 is 11.6 Å². The van der Waals surface area contributed by atoms with Crippen LogP contribution in [0.1, 0.15) is 6.92 Å². The van der Waals surface area contributed by atoms with Crippen molar-refractivity contribution in [2.75, 3.05) is 12.4 Å². The summed E-state index contributed by atoms with van der Waals surface area (Å²) in [5, 5.41) is 4.28. The maximum Gasteiger partial charge on any atom is 0.316 e. The smallest absolute Gasteiger partial charge is 0.316 e. The van der Waals surface area contributed by atoms with Crippen LogP contribution in [0, 0.1) is 11.7 Å². The van der Waals surface area contributed by atoms with E-state index in [-0.39, 0.29) is 16.7 Å². The first-order valence-electron chi connectivity index (χ1n) is 7.66. The van der Waals surface area contributed by atoms with E-state index in [1.54, 1.807) is 25.1 Å². The summed E-state index contributed by atoms with van der Waals surface area (Å²) in [6.45, 7) is 8.14. The third-order valence-electron chi connectivity index (χ3n) is 4.05. The predicted octanol–water partition coefficient (Wildman–Crippen LogP) is 3.50. The lowest BCUT2D eigenvalue weighted by atomic mass is 9.91. The zero-order valence-corrected chi connectivity index (χ0v) is 16.2. The molecule has 2 rings (SSSR count). The number of carbonyl (C=O) groups excluding carboxylic acids is 1. The lowest BCUT2D eigenvalue weighted by molar-refractivity contribution is -0.145. The van der Waals surface area contributed by atoms with Crippen molar-refractivity contribution >= 4 is 41.7 Å². The molecule has 2 atom stereocenters. The molecule has 0 aromatic heterocycles. The van der Waals surface area contributed by atoms with Gasteiger partial charge >= 0.3 is 5.97 Å². The number of dihydropyridines is 1. The highest BCUT2D eigenvalue weighted by molar-refractivity contribution is 6.88. The van der Waals surface area contributed by atoms with Gasteiger partial charge in [-0.2, -0.15) is 0 Å². The maximum atomic E-state index is 14.6. The molecule has 0 saturated carbocycles. The van der Waals surface area contributed by atoms with Crippen LogP contribution in [0.3, 0.4) is 0 Å². The van der Waals surface area contributed by atoms with Gasteiger partial charge in [0.15, 0.2) is 0 Å². The van der Waals surface area contributed by atoms with Crippen LogP contribution in [0.25, 0.3) is 0 Å². The van der Waals surface area contributed by atoms with Gasteiger partial charge in [-0.05, 0) is 25.1 Å². The van der Waals surface area contributed by atoms with Crippen LogP contribution in [-0.4, -0.2) is 32.0 Å². The molecule has 1 N–H and O–H groups in total. The minimum Gasteiger partial charge on any atom is -0.468 e. The topological polar surface area (TPSA) is 50.7 Å². The molecule has 1 aromatic rings. The Bertz CT molecular complexity index is 715. The second-order valence-corrected chi connectivity index (χ2v) is 12.5. The minimum absolute atomic E-state index is 0.240.